The van der Waals surface area contributed by atoms with Crippen LogP contribution in [-0.4, -0.2) is 25.8 Å². The van der Waals surface area contributed by atoms with Crippen molar-refractivity contribution < 1.29 is 19.0 Å². The molecular weight excluding hydrogens is 496 g/mol. The number of halogens is 1. The molecule has 0 spiro atoms. The average molecular weight is 525 g/mol. The Morgan fingerprint density at radius 3 is 2.62 bits per heavy atom. The average Bonchev–Trinajstić information content (AvgIpc) is 2.82. The second kappa shape index (κ2) is 12.2. The zero-order valence-electron chi connectivity index (χ0n) is 19.8. The predicted octanol–water partition coefficient (Wildman–Crippen LogP) is 6.00. The Morgan fingerprint density at radius 1 is 1.06 bits per heavy atom. The number of hydrogen-bond acceptors (Lipinski definition) is 5. The molecule has 1 N–H and O–H groups in total. The molecule has 0 bridgehead atoms. The lowest BCUT2D eigenvalue weighted by Gasteiger charge is -2.12. The van der Waals surface area contributed by atoms with E-state index < -0.39 is 0 Å². The second-order valence-corrected chi connectivity index (χ2v) is 9.00. The summed E-state index contributed by atoms with van der Waals surface area (Å²) in [5.41, 5.74) is 6.34. The Hall–Kier alpha value is -3.32. The van der Waals surface area contributed by atoms with Crippen molar-refractivity contribution in [3.8, 4) is 17.2 Å². The van der Waals surface area contributed by atoms with Gasteiger partial charge in [-0.1, -0.05) is 54.0 Å². The SMILES string of the molecule is COc1ccc(OCc2cccc(Br)c2)c(/C=N\NC(=O)COc2cc(C(C)C)ccc2C)c1. The maximum Gasteiger partial charge on any atom is 0.277 e. The lowest BCUT2D eigenvalue weighted by molar-refractivity contribution is -0.123. The number of ether oxygens (including phenoxy) is 3. The number of nitrogens with zero attached hydrogens (tertiary/aromatic N) is 1. The molecule has 34 heavy (non-hydrogen) atoms. The number of carbonyl (C=O) groups excluding carboxylic acids is 1. The standard InChI is InChI=1S/C27H29BrN2O4/c1-18(2)21-9-8-19(3)26(14-21)34-17-27(31)30-29-15-22-13-24(32-4)10-11-25(22)33-16-20-6-5-7-23(28)12-20/h5-15,18H,16-17H2,1-4H3,(H,30,31)/b29-15-. The van der Waals surface area contributed by atoms with E-state index in [4.69, 9.17) is 14.2 Å². The molecule has 7 heteroatoms. The first-order valence-corrected chi connectivity index (χ1v) is 11.8. The molecule has 0 radical (unpaired) electrons. The highest BCUT2D eigenvalue weighted by molar-refractivity contribution is 9.10. The molecule has 0 aliphatic carbocycles. The molecule has 0 atom stereocenters. The van der Waals surface area contributed by atoms with Crippen LogP contribution in [0.1, 0.15) is 42.0 Å². The van der Waals surface area contributed by atoms with Gasteiger partial charge in [0.25, 0.3) is 5.91 Å². The van der Waals surface area contributed by atoms with Gasteiger partial charge in [0.15, 0.2) is 6.61 Å². The van der Waals surface area contributed by atoms with Crippen LogP contribution in [0, 0.1) is 6.92 Å². The minimum atomic E-state index is -0.356. The molecule has 0 aliphatic rings. The van der Waals surface area contributed by atoms with Crippen molar-refractivity contribution in [3.05, 3.63) is 87.4 Å². The van der Waals surface area contributed by atoms with Crippen LogP contribution in [-0.2, 0) is 11.4 Å². The van der Waals surface area contributed by atoms with E-state index in [1.54, 1.807) is 13.2 Å². The van der Waals surface area contributed by atoms with Gasteiger partial charge in [0.05, 0.1) is 13.3 Å². The molecule has 178 valence electrons. The first kappa shape index (κ1) is 25.3. The molecule has 0 saturated carbocycles. The molecule has 6 nitrogen and oxygen atoms in total. The van der Waals surface area contributed by atoms with Crippen molar-refractivity contribution in [1.82, 2.24) is 5.43 Å². The normalized spacial score (nSPS) is 11.0. The first-order valence-electron chi connectivity index (χ1n) is 11.0. The Labute approximate surface area is 209 Å². The molecule has 0 saturated heterocycles. The van der Waals surface area contributed by atoms with Crippen molar-refractivity contribution in [2.45, 2.75) is 33.3 Å². The van der Waals surface area contributed by atoms with Gasteiger partial charge in [0.2, 0.25) is 0 Å². The fraction of sp³-hybridized carbons (Fsp3) is 0.259. The van der Waals surface area contributed by atoms with Gasteiger partial charge in [-0.15, -0.1) is 0 Å². The van der Waals surface area contributed by atoms with E-state index >= 15 is 0 Å². The molecule has 0 unspecified atom stereocenters. The highest BCUT2D eigenvalue weighted by Gasteiger charge is 2.09. The second-order valence-electron chi connectivity index (χ2n) is 8.08. The summed E-state index contributed by atoms with van der Waals surface area (Å²) >= 11 is 3.47. The monoisotopic (exact) mass is 524 g/mol. The quantitative estimate of drug-likeness (QED) is 0.261. The van der Waals surface area contributed by atoms with Crippen LogP contribution in [0.5, 0.6) is 17.2 Å². The summed E-state index contributed by atoms with van der Waals surface area (Å²) in [6.45, 7) is 6.44. The number of aryl methyl sites for hydroxylation is 1. The number of hydrogen-bond donors (Lipinski definition) is 1. The molecule has 3 aromatic carbocycles. The van der Waals surface area contributed by atoms with Gasteiger partial charge < -0.3 is 14.2 Å². The molecular formula is C27H29BrN2O4. The lowest BCUT2D eigenvalue weighted by Crippen LogP contribution is -2.24. The van der Waals surface area contributed by atoms with E-state index in [2.05, 4.69) is 46.4 Å². The van der Waals surface area contributed by atoms with E-state index in [-0.39, 0.29) is 12.5 Å². The van der Waals surface area contributed by atoms with Gasteiger partial charge in [0.1, 0.15) is 23.9 Å². The zero-order chi connectivity index (χ0) is 24.5. The number of hydrazone groups is 1. The Balaban J connectivity index is 1.61. The van der Waals surface area contributed by atoms with E-state index in [1.807, 2.05) is 55.5 Å². The minimum Gasteiger partial charge on any atom is -0.497 e. The predicted molar refractivity (Wildman–Crippen MR) is 138 cm³/mol. The van der Waals surface area contributed by atoms with Gasteiger partial charge in [-0.05, 0) is 65.9 Å². The number of amides is 1. The van der Waals surface area contributed by atoms with E-state index in [0.29, 0.717) is 35.3 Å². The third-order valence-corrected chi connectivity index (χ3v) is 5.62. The summed E-state index contributed by atoms with van der Waals surface area (Å²) in [7, 11) is 1.59. The van der Waals surface area contributed by atoms with Crippen LogP contribution in [0.3, 0.4) is 0 Å². The number of nitrogens with one attached hydrogen (secondary N) is 1. The first-order chi connectivity index (χ1) is 16.4. The smallest absolute Gasteiger partial charge is 0.277 e. The highest BCUT2D eigenvalue weighted by atomic mass is 79.9. The van der Waals surface area contributed by atoms with E-state index in [1.165, 1.54) is 6.21 Å². The van der Waals surface area contributed by atoms with Crippen molar-refractivity contribution in [2.75, 3.05) is 13.7 Å². The summed E-state index contributed by atoms with van der Waals surface area (Å²) in [5.74, 6) is 2.00. The van der Waals surface area contributed by atoms with E-state index in [0.717, 1.165) is 21.2 Å². The molecule has 1 amide bonds. The summed E-state index contributed by atoms with van der Waals surface area (Å²) in [6.07, 6.45) is 1.53. The van der Waals surface area contributed by atoms with Crippen molar-refractivity contribution in [3.63, 3.8) is 0 Å². The van der Waals surface area contributed by atoms with Gasteiger partial charge in [-0.2, -0.15) is 5.10 Å². The Kier molecular flexibility index (Phi) is 9.10. The van der Waals surface area contributed by atoms with Gasteiger partial charge in [0, 0.05) is 10.0 Å². The maximum atomic E-state index is 12.3. The van der Waals surface area contributed by atoms with Gasteiger partial charge >= 0.3 is 0 Å². The topological polar surface area (TPSA) is 69.2 Å². The Morgan fingerprint density at radius 2 is 1.88 bits per heavy atom. The molecule has 0 fully saturated rings. The Bertz CT molecular complexity index is 1160. The van der Waals surface area contributed by atoms with Gasteiger partial charge in [-0.25, -0.2) is 5.43 Å². The zero-order valence-corrected chi connectivity index (χ0v) is 21.4. The van der Waals surface area contributed by atoms with Crippen LogP contribution < -0.4 is 19.6 Å². The van der Waals surface area contributed by atoms with Crippen LogP contribution in [0.25, 0.3) is 0 Å². The number of rotatable bonds is 10. The van der Waals surface area contributed by atoms with Gasteiger partial charge in [-0.3, -0.25) is 4.79 Å². The summed E-state index contributed by atoms with van der Waals surface area (Å²) in [5, 5.41) is 4.08. The fourth-order valence-corrected chi connectivity index (χ4v) is 3.60. The minimum absolute atomic E-state index is 0.135. The molecule has 3 aromatic rings. The summed E-state index contributed by atoms with van der Waals surface area (Å²) in [4.78, 5) is 12.3. The third kappa shape index (κ3) is 7.35. The molecule has 0 aromatic heterocycles. The largest absolute Gasteiger partial charge is 0.497 e. The maximum absolute atomic E-state index is 12.3. The highest BCUT2D eigenvalue weighted by Crippen LogP contribution is 2.25. The van der Waals surface area contributed by atoms with Crippen LogP contribution >= 0.6 is 15.9 Å². The van der Waals surface area contributed by atoms with Crippen LogP contribution in [0.2, 0.25) is 0 Å². The fourth-order valence-electron chi connectivity index (χ4n) is 3.15. The van der Waals surface area contributed by atoms with Crippen molar-refractivity contribution in [1.29, 1.82) is 0 Å². The summed E-state index contributed by atoms with van der Waals surface area (Å²) < 4.78 is 18.0. The molecule has 3 rings (SSSR count). The number of benzene rings is 3. The van der Waals surface area contributed by atoms with Crippen molar-refractivity contribution in [2.24, 2.45) is 5.10 Å². The van der Waals surface area contributed by atoms with Crippen LogP contribution in [0.4, 0.5) is 0 Å². The molecule has 0 heterocycles. The third-order valence-electron chi connectivity index (χ3n) is 5.13. The lowest BCUT2D eigenvalue weighted by atomic mass is 10.0. The summed E-state index contributed by atoms with van der Waals surface area (Å²) in [6, 6.07) is 19.4. The molecule has 0 aliphatic heterocycles. The number of carbonyl (C=O) groups is 1. The number of methoxy groups -OCH3 is 1. The van der Waals surface area contributed by atoms with E-state index in [9.17, 15) is 4.79 Å². The van der Waals surface area contributed by atoms with Crippen molar-refractivity contribution >= 4 is 28.1 Å². The van der Waals surface area contributed by atoms with Crippen LogP contribution in [0.15, 0.2) is 70.2 Å².